The molecule has 164 valence electrons. The Hall–Kier alpha value is -3.53. The van der Waals surface area contributed by atoms with Crippen molar-refractivity contribution in [3.05, 3.63) is 59.7 Å². The molecule has 0 fully saturated rings. The number of nitrogens with zero attached hydrogens (tertiary/aromatic N) is 1. The summed E-state index contributed by atoms with van der Waals surface area (Å²) in [6, 6.07) is 11.1. The van der Waals surface area contributed by atoms with E-state index in [-0.39, 0.29) is 11.3 Å². The van der Waals surface area contributed by atoms with E-state index >= 15 is 0 Å². The minimum atomic E-state index is -5.49. The summed E-state index contributed by atoms with van der Waals surface area (Å²) in [6.07, 6.45) is -5.49. The van der Waals surface area contributed by atoms with Crippen molar-refractivity contribution in [2.24, 2.45) is 0 Å². The molecule has 0 radical (unpaired) electrons. The highest BCUT2D eigenvalue weighted by Crippen LogP contribution is 2.49. The lowest BCUT2D eigenvalue weighted by Crippen LogP contribution is -2.55. The number of hydrogen-bond donors (Lipinski definition) is 1. The number of alkyl halides is 3. The number of carbonyl (C=O) groups excluding carboxylic acids is 2. The van der Waals surface area contributed by atoms with Crippen molar-refractivity contribution in [3.8, 4) is 11.5 Å². The quantitative estimate of drug-likeness (QED) is 0.725. The summed E-state index contributed by atoms with van der Waals surface area (Å²) >= 11 is 0. The van der Waals surface area contributed by atoms with Crippen molar-refractivity contribution >= 4 is 23.3 Å². The summed E-state index contributed by atoms with van der Waals surface area (Å²) in [6.45, 7) is 0. The van der Waals surface area contributed by atoms with Gasteiger partial charge in [-0.3, -0.25) is 9.69 Å². The lowest BCUT2D eigenvalue weighted by molar-refractivity contribution is -0.236. The van der Waals surface area contributed by atoms with E-state index in [2.05, 4.69) is 4.74 Å². The van der Waals surface area contributed by atoms with Gasteiger partial charge in [0, 0.05) is 5.69 Å². The molecule has 1 unspecified atom stereocenters. The fourth-order valence-electron chi connectivity index (χ4n) is 3.26. The predicted molar refractivity (Wildman–Crippen MR) is 103 cm³/mol. The van der Waals surface area contributed by atoms with Crippen LogP contribution in [-0.4, -0.2) is 50.1 Å². The Morgan fingerprint density at radius 3 is 1.84 bits per heavy atom. The summed E-state index contributed by atoms with van der Waals surface area (Å²) in [5.41, 5.74) is -5.74. The second-order valence-electron chi connectivity index (χ2n) is 6.49. The predicted octanol–water partition coefficient (Wildman–Crippen LogP) is 2.93. The highest BCUT2D eigenvalue weighted by molar-refractivity contribution is 6.25. The van der Waals surface area contributed by atoms with Gasteiger partial charge in [-0.05, 0) is 54.1 Å². The number of carbonyl (C=O) groups is 2. The molecule has 2 aromatic carbocycles. The third-order valence-corrected chi connectivity index (χ3v) is 4.83. The molecule has 0 aromatic heterocycles. The van der Waals surface area contributed by atoms with Crippen LogP contribution in [0.15, 0.2) is 54.1 Å². The maximum absolute atomic E-state index is 14.0. The van der Waals surface area contributed by atoms with Gasteiger partial charge in [0.2, 0.25) is 0 Å². The van der Waals surface area contributed by atoms with E-state index in [1.165, 1.54) is 62.8 Å². The van der Waals surface area contributed by atoms with Gasteiger partial charge in [-0.15, -0.1) is 0 Å². The molecule has 1 aliphatic rings. The number of hydrogen-bond acceptors (Lipinski definition) is 6. The van der Waals surface area contributed by atoms with Gasteiger partial charge >= 0.3 is 12.1 Å². The van der Waals surface area contributed by atoms with Crippen LogP contribution in [0.4, 0.5) is 18.9 Å². The van der Waals surface area contributed by atoms with Crippen LogP contribution >= 0.6 is 0 Å². The third-order valence-electron chi connectivity index (χ3n) is 4.83. The molecular formula is C21H18F3NO6. The molecule has 2 aromatic rings. The Bertz CT molecular complexity index is 1030. The SMILES string of the molecule is COC(=O)C1=C(c2ccc(OC)cc2)N(c2ccc(OC)cc2)C(=O)C1(O)C(F)(F)F. The first-order valence-electron chi connectivity index (χ1n) is 8.85. The molecule has 1 aliphatic heterocycles. The average molecular weight is 437 g/mol. The van der Waals surface area contributed by atoms with Crippen LogP contribution in [0.1, 0.15) is 5.56 Å². The molecule has 0 saturated heterocycles. The number of esters is 1. The molecular weight excluding hydrogens is 419 g/mol. The molecule has 31 heavy (non-hydrogen) atoms. The topological polar surface area (TPSA) is 85.3 Å². The second kappa shape index (κ2) is 7.95. The number of amides is 1. The number of rotatable bonds is 5. The zero-order valence-corrected chi connectivity index (χ0v) is 16.7. The number of methoxy groups -OCH3 is 3. The Labute approximate surface area is 175 Å². The number of anilines is 1. The van der Waals surface area contributed by atoms with Gasteiger partial charge in [-0.1, -0.05) is 0 Å². The van der Waals surface area contributed by atoms with E-state index in [1.807, 2.05) is 0 Å². The Morgan fingerprint density at radius 1 is 0.935 bits per heavy atom. The average Bonchev–Trinajstić information content (AvgIpc) is 3.01. The molecule has 0 saturated carbocycles. The number of halogens is 3. The van der Waals surface area contributed by atoms with Crippen LogP contribution in [0.3, 0.4) is 0 Å². The Kier molecular flexibility index (Phi) is 5.68. The Balaban J connectivity index is 2.35. The van der Waals surface area contributed by atoms with Crippen LogP contribution in [0.25, 0.3) is 5.70 Å². The molecule has 10 heteroatoms. The van der Waals surface area contributed by atoms with Gasteiger partial charge in [0.05, 0.1) is 27.0 Å². The summed E-state index contributed by atoms with van der Waals surface area (Å²) in [5, 5.41) is 10.6. The molecule has 1 amide bonds. The van der Waals surface area contributed by atoms with Crippen LogP contribution in [0.2, 0.25) is 0 Å². The molecule has 1 N–H and O–H groups in total. The lowest BCUT2D eigenvalue weighted by Gasteiger charge is -2.27. The van der Waals surface area contributed by atoms with Gasteiger partial charge < -0.3 is 19.3 Å². The fraction of sp³-hybridized carbons (Fsp3) is 0.238. The van der Waals surface area contributed by atoms with Crippen LogP contribution in [0.5, 0.6) is 11.5 Å². The second-order valence-corrected chi connectivity index (χ2v) is 6.49. The van der Waals surface area contributed by atoms with E-state index in [1.54, 1.807) is 0 Å². The van der Waals surface area contributed by atoms with E-state index in [9.17, 15) is 27.9 Å². The zero-order chi connectivity index (χ0) is 23.0. The molecule has 0 spiro atoms. The van der Waals surface area contributed by atoms with E-state index in [0.29, 0.717) is 16.4 Å². The summed E-state index contributed by atoms with van der Waals surface area (Å²) < 4.78 is 56.5. The summed E-state index contributed by atoms with van der Waals surface area (Å²) in [5.74, 6) is -2.45. The van der Waals surface area contributed by atoms with Crippen LogP contribution < -0.4 is 14.4 Å². The summed E-state index contributed by atoms with van der Waals surface area (Å²) in [4.78, 5) is 26.1. The molecule has 1 atom stereocenters. The number of ether oxygens (including phenoxy) is 3. The van der Waals surface area contributed by atoms with Crippen LogP contribution in [-0.2, 0) is 14.3 Å². The normalized spacial score (nSPS) is 18.9. The third kappa shape index (κ3) is 3.48. The highest BCUT2D eigenvalue weighted by atomic mass is 19.4. The highest BCUT2D eigenvalue weighted by Gasteiger charge is 2.70. The summed E-state index contributed by atoms with van der Waals surface area (Å²) in [7, 11) is 3.66. The van der Waals surface area contributed by atoms with E-state index < -0.39 is 34.9 Å². The monoisotopic (exact) mass is 437 g/mol. The first-order chi connectivity index (χ1) is 14.6. The molecule has 0 bridgehead atoms. The van der Waals surface area contributed by atoms with Gasteiger partial charge in [-0.2, -0.15) is 13.2 Å². The lowest BCUT2D eigenvalue weighted by atomic mass is 9.92. The van der Waals surface area contributed by atoms with Crippen molar-refractivity contribution in [1.82, 2.24) is 0 Å². The van der Waals surface area contributed by atoms with Crippen molar-refractivity contribution in [1.29, 1.82) is 0 Å². The van der Waals surface area contributed by atoms with Gasteiger partial charge in [0.25, 0.3) is 11.5 Å². The zero-order valence-electron chi connectivity index (χ0n) is 16.7. The van der Waals surface area contributed by atoms with Gasteiger partial charge in [0.1, 0.15) is 17.1 Å². The van der Waals surface area contributed by atoms with Crippen molar-refractivity contribution < 1.29 is 42.1 Å². The maximum Gasteiger partial charge on any atom is 0.431 e. The molecule has 3 rings (SSSR count). The van der Waals surface area contributed by atoms with Crippen molar-refractivity contribution in [2.75, 3.05) is 26.2 Å². The van der Waals surface area contributed by atoms with Crippen molar-refractivity contribution in [3.63, 3.8) is 0 Å². The minimum Gasteiger partial charge on any atom is -0.497 e. The molecule has 7 nitrogen and oxygen atoms in total. The maximum atomic E-state index is 14.0. The van der Waals surface area contributed by atoms with Gasteiger partial charge in [0.15, 0.2) is 0 Å². The van der Waals surface area contributed by atoms with Crippen molar-refractivity contribution in [2.45, 2.75) is 11.8 Å². The van der Waals surface area contributed by atoms with E-state index in [4.69, 9.17) is 9.47 Å². The fourth-order valence-corrected chi connectivity index (χ4v) is 3.26. The molecule has 0 aliphatic carbocycles. The van der Waals surface area contributed by atoms with E-state index in [0.717, 1.165) is 7.11 Å². The van der Waals surface area contributed by atoms with Gasteiger partial charge in [-0.25, -0.2) is 4.79 Å². The minimum absolute atomic E-state index is 0.0156. The first kappa shape index (κ1) is 22.2. The number of benzene rings is 2. The first-order valence-corrected chi connectivity index (χ1v) is 8.85. The smallest absolute Gasteiger partial charge is 0.431 e. The Morgan fingerprint density at radius 2 is 1.42 bits per heavy atom. The largest absolute Gasteiger partial charge is 0.497 e. The van der Waals surface area contributed by atoms with Crippen LogP contribution in [0, 0.1) is 0 Å². The number of aliphatic hydroxyl groups is 1. The molecule has 1 heterocycles. The standard InChI is InChI=1S/C21H18F3NO6/c1-29-14-8-4-12(5-9-14)17-16(18(26)31-3)20(28,21(22,23)24)19(27)25(17)13-6-10-15(30-2)11-7-13/h4-11,28H,1-3H3.